The summed E-state index contributed by atoms with van der Waals surface area (Å²) >= 11 is 0. The third kappa shape index (κ3) is 4.44. The van der Waals surface area contributed by atoms with Crippen molar-refractivity contribution in [3.05, 3.63) is 71.2 Å². The lowest BCUT2D eigenvalue weighted by Gasteiger charge is -2.13. The minimum Gasteiger partial charge on any atom is -0.462 e. The summed E-state index contributed by atoms with van der Waals surface area (Å²) in [4.78, 5) is 25.1. The number of aromatic nitrogens is 1. The van der Waals surface area contributed by atoms with Gasteiger partial charge in [-0.05, 0) is 67.4 Å². The monoisotopic (exact) mass is 438 g/mol. The van der Waals surface area contributed by atoms with Crippen LogP contribution in [0.1, 0.15) is 28.5 Å². The first kappa shape index (κ1) is 21.4. The van der Waals surface area contributed by atoms with Gasteiger partial charge >= 0.3 is 5.97 Å². The summed E-state index contributed by atoms with van der Waals surface area (Å²) in [6, 6.07) is 13.1. The molecular formula is C24H23FN2O5. The minimum atomic E-state index is -0.465. The number of fused-ring (bicyclic) bond motifs is 1. The van der Waals surface area contributed by atoms with Gasteiger partial charge in [-0.1, -0.05) is 6.07 Å². The fourth-order valence-electron chi connectivity index (χ4n) is 3.58. The molecule has 8 heteroatoms. The molecule has 0 spiro atoms. The van der Waals surface area contributed by atoms with Crippen LogP contribution in [0, 0.1) is 12.7 Å². The van der Waals surface area contributed by atoms with E-state index in [0.717, 1.165) is 5.56 Å². The lowest BCUT2D eigenvalue weighted by Crippen LogP contribution is -2.27. The highest BCUT2D eigenvalue weighted by Crippen LogP contribution is 2.32. The van der Waals surface area contributed by atoms with Crippen molar-refractivity contribution in [3.8, 4) is 22.8 Å². The number of benzene rings is 2. The van der Waals surface area contributed by atoms with Crippen LogP contribution in [0.4, 0.5) is 4.39 Å². The van der Waals surface area contributed by atoms with E-state index in [4.69, 9.17) is 14.2 Å². The number of halogens is 1. The number of esters is 1. The minimum absolute atomic E-state index is 0.0114. The molecule has 0 radical (unpaired) electrons. The zero-order valence-corrected chi connectivity index (χ0v) is 17.8. The molecule has 1 aliphatic heterocycles. The van der Waals surface area contributed by atoms with Gasteiger partial charge in [-0.3, -0.25) is 4.79 Å². The number of nitrogens with one attached hydrogen (secondary N) is 1. The van der Waals surface area contributed by atoms with Gasteiger partial charge in [0, 0.05) is 17.9 Å². The van der Waals surface area contributed by atoms with Gasteiger partial charge in [-0.25, -0.2) is 9.18 Å². The lowest BCUT2D eigenvalue weighted by molar-refractivity contribution is -0.121. The third-order valence-corrected chi connectivity index (χ3v) is 5.23. The van der Waals surface area contributed by atoms with Gasteiger partial charge in [-0.15, -0.1) is 0 Å². The highest BCUT2D eigenvalue weighted by Gasteiger charge is 2.21. The smallest absolute Gasteiger partial charge is 0.339 e. The SMILES string of the molecule is CCOC(=O)c1cc(-c2ccc(F)cc2)n(CC(=O)NCc2ccc3c(c2)OCO3)c1C. The number of nitrogens with zero attached hydrogens (tertiary/aromatic N) is 1. The number of amides is 1. The van der Waals surface area contributed by atoms with E-state index in [-0.39, 0.29) is 31.7 Å². The maximum Gasteiger partial charge on any atom is 0.339 e. The van der Waals surface area contributed by atoms with Crippen molar-refractivity contribution in [1.29, 1.82) is 0 Å². The zero-order chi connectivity index (χ0) is 22.7. The quantitative estimate of drug-likeness (QED) is 0.568. The Morgan fingerprint density at radius 1 is 1.09 bits per heavy atom. The Balaban J connectivity index is 1.55. The Bertz CT molecular complexity index is 1150. The van der Waals surface area contributed by atoms with Crippen LogP contribution >= 0.6 is 0 Å². The van der Waals surface area contributed by atoms with Gasteiger partial charge < -0.3 is 24.1 Å². The number of carbonyl (C=O) groups excluding carboxylic acids is 2. The second-order valence-electron chi connectivity index (χ2n) is 7.31. The Morgan fingerprint density at radius 2 is 1.84 bits per heavy atom. The summed E-state index contributed by atoms with van der Waals surface area (Å²) in [5, 5.41) is 2.88. The van der Waals surface area contributed by atoms with Crippen LogP contribution < -0.4 is 14.8 Å². The molecule has 1 amide bonds. The van der Waals surface area contributed by atoms with Crippen LogP contribution in [0.25, 0.3) is 11.3 Å². The molecule has 4 rings (SSSR count). The maximum atomic E-state index is 13.4. The molecule has 2 heterocycles. The molecule has 0 atom stereocenters. The van der Waals surface area contributed by atoms with Crippen LogP contribution in [-0.4, -0.2) is 29.8 Å². The molecule has 32 heavy (non-hydrogen) atoms. The van der Waals surface area contributed by atoms with E-state index in [1.807, 2.05) is 12.1 Å². The molecule has 0 aliphatic carbocycles. The van der Waals surface area contributed by atoms with Gasteiger partial charge in [-0.2, -0.15) is 0 Å². The van der Waals surface area contributed by atoms with Crippen molar-refractivity contribution >= 4 is 11.9 Å². The van der Waals surface area contributed by atoms with E-state index in [1.165, 1.54) is 12.1 Å². The Morgan fingerprint density at radius 3 is 2.59 bits per heavy atom. The van der Waals surface area contributed by atoms with Gasteiger partial charge in [0.25, 0.3) is 0 Å². The molecule has 0 unspecified atom stereocenters. The summed E-state index contributed by atoms with van der Waals surface area (Å²) in [6.07, 6.45) is 0. The Kier molecular flexibility index (Phi) is 6.11. The maximum absolute atomic E-state index is 13.4. The van der Waals surface area contributed by atoms with Crippen molar-refractivity contribution in [2.45, 2.75) is 26.9 Å². The largest absolute Gasteiger partial charge is 0.462 e. The molecule has 0 fully saturated rings. The molecule has 1 aliphatic rings. The summed E-state index contributed by atoms with van der Waals surface area (Å²) in [7, 11) is 0. The molecule has 166 valence electrons. The number of hydrogen-bond acceptors (Lipinski definition) is 5. The van der Waals surface area contributed by atoms with E-state index < -0.39 is 5.97 Å². The van der Waals surface area contributed by atoms with Crippen LogP contribution in [0.2, 0.25) is 0 Å². The summed E-state index contributed by atoms with van der Waals surface area (Å²) in [6.45, 7) is 4.21. The molecule has 1 aromatic heterocycles. The molecule has 0 saturated heterocycles. The predicted molar refractivity (Wildman–Crippen MR) is 115 cm³/mol. The number of ether oxygens (including phenoxy) is 3. The fourth-order valence-corrected chi connectivity index (χ4v) is 3.58. The average Bonchev–Trinajstić information content (AvgIpc) is 3.37. The van der Waals surface area contributed by atoms with Gasteiger partial charge in [0.2, 0.25) is 12.7 Å². The molecule has 0 saturated carbocycles. The van der Waals surface area contributed by atoms with E-state index in [1.54, 1.807) is 42.7 Å². The fraction of sp³-hybridized carbons (Fsp3) is 0.250. The van der Waals surface area contributed by atoms with E-state index in [2.05, 4.69) is 5.32 Å². The standard InChI is InChI=1S/C24H23FN2O5/c1-3-30-24(29)19-11-20(17-5-7-18(25)8-6-17)27(15(19)2)13-23(28)26-12-16-4-9-21-22(10-16)32-14-31-21/h4-11H,3,12-14H2,1-2H3,(H,26,28). The van der Waals surface area contributed by atoms with Crippen molar-refractivity contribution in [2.75, 3.05) is 13.4 Å². The topological polar surface area (TPSA) is 78.8 Å². The van der Waals surface area contributed by atoms with Gasteiger partial charge in [0.05, 0.1) is 12.2 Å². The normalized spacial score (nSPS) is 12.0. The van der Waals surface area contributed by atoms with E-state index >= 15 is 0 Å². The van der Waals surface area contributed by atoms with Crippen molar-refractivity contribution < 1.29 is 28.2 Å². The second-order valence-corrected chi connectivity index (χ2v) is 7.31. The van der Waals surface area contributed by atoms with Crippen LogP contribution in [0.5, 0.6) is 11.5 Å². The Labute approximate surface area is 184 Å². The van der Waals surface area contributed by atoms with Crippen molar-refractivity contribution in [2.24, 2.45) is 0 Å². The highest BCUT2D eigenvalue weighted by molar-refractivity contribution is 5.93. The molecule has 1 N–H and O–H groups in total. The van der Waals surface area contributed by atoms with E-state index in [9.17, 15) is 14.0 Å². The molecule has 0 bridgehead atoms. The number of rotatable bonds is 7. The van der Waals surface area contributed by atoms with Gasteiger partial charge in [0.15, 0.2) is 11.5 Å². The number of hydrogen-bond donors (Lipinski definition) is 1. The average molecular weight is 438 g/mol. The highest BCUT2D eigenvalue weighted by atomic mass is 19.1. The molecule has 2 aromatic carbocycles. The first-order valence-electron chi connectivity index (χ1n) is 10.2. The molecular weight excluding hydrogens is 415 g/mol. The van der Waals surface area contributed by atoms with Crippen LogP contribution in [0.15, 0.2) is 48.5 Å². The summed E-state index contributed by atoms with van der Waals surface area (Å²) in [5.41, 5.74) is 3.16. The van der Waals surface area contributed by atoms with Crippen LogP contribution in [-0.2, 0) is 22.6 Å². The second kappa shape index (κ2) is 9.13. The predicted octanol–water partition coefficient (Wildman–Crippen LogP) is 3.82. The van der Waals surface area contributed by atoms with Crippen LogP contribution in [0.3, 0.4) is 0 Å². The third-order valence-electron chi connectivity index (χ3n) is 5.23. The first-order chi connectivity index (χ1) is 15.5. The van der Waals surface area contributed by atoms with Gasteiger partial charge in [0.1, 0.15) is 12.4 Å². The Hall–Kier alpha value is -3.81. The van der Waals surface area contributed by atoms with Crippen molar-refractivity contribution in [1.82, 2.24) is 9.88 Å². The number of carbonyl (C=O) groups is 2. The zero-order valence-electron chi connectivity index (χ0n) is 17.8. The molecule has 7 nitrogen and oxygen atoms in total. The van der Waals surface area contributed by atoms with E-state index in [0.29, 0.717) is 40.6 Å². The van der Waals surface area contributed by atoms with Crippen molar-refractivity contribution in [3.63, 3.8) is 0 Å². The summed E-state index contributed by atoms with van der Waals surface area (Å²) in [5.74, 6) is 0.262. The summed E-state index contributed by atoms with van der Waals surface area (Å²) < 4.78 is 30.9. The molecule has 3 aromatic rings. The lowest BCUT2D eigenvalue weighted by atomic mass is 10.1. The first-order valence-corrected chi connectivity index (χ1v) is 10.2.